The van der Waals surface area contributed by atoms with Crippen LogP contribution < -0.4 is 21.2 Å². The first-order valence-corrected chi connectivity index (χ1v) is 15.6. The van der Waals surface area contributed by atoms with Crippen molar-refractivity contribution in [1.82, 2.24) is 0 Å². The van der Waals surface area contributed by atoms with Gasteiger partial charge in [0, 0.05) is 27.5 Å². The average molecular weight is 536 g/mol. The zero-order valence-electron chi connectivity index (χ0n) is 22.2. The molecular weight excluding hydrogens is 505 g/mol. The number of benzene rings is 6. The lowest BCUT2D eigenvalue weighted by molar-refractivity contribution is 0.591. The maximum atomic E-state index is 15.5. The minimum absolute atomic E-state index is 0.0601. The summed E-state index contributed by atoms with van der Waals surface area (Å²) in [6.45, 7) is 0. The van der Waals surface area contributed by atoms with Crippen molar-refractivity contribution in [2.24, 2.45) is 0 Å². The Morgan fingerprint density at radius 3 is 1.80 bits per heavy atom. The number of nitrogens with one attached hydrogen (secondary N) is 1. The van der Waals surface area contributed by atoms with Gasteiger partial charge < -0.3 is 9.88 Å². The molecule has 6 aromatic carbocycles. The van der Waals surface area contributed by atoms with Crippen molar-refractivity contribution in [2.75, 3.05) is 5.32 Å². The Morgan fingerprint density at radius 2 is 1.10 bits per heavy atom. The second kappa shape index (κ2) is 10.3. The molecule has 40 heavy (non-hydrogen) atoms. The van der Waals surface area contributed by atoms with Crippen LogP contribution in [0.4, 0.5) is 5.69 Å². The Labute approximate surface area is 235 Å². The monoisotopic (exact) mass is 535 g/mol. The number of para-hydroxylation sites is 1. The van der Waals surface area contributed by atoms with E-state index in [4.69, 9.17) is 0 Å². The molecule has 0 fully saturated rings. The molecule has 1 heterocycles. The standard InChI is InChI=1S/C37H30NOP/c39-40(29-18-6-2-7-19-29,30-20-8-3-9-21-30)36-25-13-24-33-34(28-14-4-1-5-15-28)26-35(38-37(33)36)32-23-12-17-27-16-10-11-22-31(27)32/h1-25,34-35,38H,26H2/t34-,35+/m1/s1. The third-order valence-electron chi connectivity index (χ3n) is 8.22. The van der Waals surface area contributed by atoms with E-state index in [9.17, 15) is 0 Å². The molecule has 1 aliphatic heterocycles. The zero-order valence-corrected chi connectivity index (χ0v) is 23.0. The summed E-state index contributed by atoms with van der Waals surface area (Å²) in [5, 5.41) is 9.00. The lowest BCUT2D eigenvalue weighted by Crippen LogP contribution is -2.32. The van der Waals surface area contributed by atoms with Gasteiger partial charge in [-0.05, 0) is 39.9 Å². The molecule has 194 valence electrons. The van der Waals surface area contributed by atoms with Gasteiger partial charge in [-0.25, -0.2) is 0 Å². The van der Waals surface area contributed by atoms with E-state index in [0.717, 1.165) is 28.0 Å². The maximum absolute atomic E-state index is 15.5. The molecule has 2 atom stereocenters. The van der Waals surface area contributed by atoms with Crippen molar-refractivity contribution in [1.29, 1.82) is 0 Å². The summed E-state index contributed by atoms with van der Waals surface area (Å²) in [4.78, 5) is 0. The van der Waals surface area contributed by atoms with Crippen LogP contribution in [0.15, 0.2) is 152 Å². The average Bonchev–Trinajstić information content (AvgIpc) is 3.04. The van der Waals surface area contributed by atoms with Gasteiger partial charge in [-0.3, -0.25) is 0 Å². The van der Waals surface area contributed by atoms with E-state index in [1.54, 1.807) is 0 Å². The second-order valence-corrected chi connectivity index (χ2v) is 13.2. The molecule has 0 bridgehead atoms. The summed E-state index contributed by atoms with van der Waals surface area (Å²) in [7, 11) is -3.18. The van der Waals surface area contributed by atoms with Gasteiger partial charge in [0.05, 0.1) is 6.04 Å². The van der Waals surface area contributed by atoms with E-state index in [1.807, 2.05) is 60.7 Å². The predicted octanol–water partition coefficient (Wildman–Crippen LogP) is 8.17. The van der Waals surface area contributed by atoms with Crippen LogP contribution in [0.25, 0.3) is 10.8 Å². The third-order valence-corrected chi connectivity index (χ3v) is 11.3. The number of hydrogen-bond donors (Lipinski definition) is 1. The van der Waals surface area contributed by atoms with E-state index in [0.29, 0.717) is 0 Å². The minimum atomic E-state index is -3.18. The van der Waals surface area contributed by atoms with Crippen molar-refractivity contribution in [3.8, 4) is 0 Å². The summed E-state index contributed by atoms with van der Waals surface area (Å²) in [5.74, 6) is 0.168. The van der Waals surface area contributed by atoms with Crippen molar-refractivity contribution < 1.29 is 4.57 Å². The summed E-state index contributed by atoms with van der Waals surface area (Å²) in [6.07, 6.45) is 0.912. The van der Waals surface area contributed by atoms with E-state index < -0.39 is 7.14 Å². The van der Waals surface area contributed by atoms with Crippen molar-refractivity contribution in [3.05, 3.63) is 168 Å². The number of rotatable bonds is 5. The quantitative estimate of drug-likeness (QED) is 0.226. The molecule has 2 nitrogen and oxygen atoms in total. The highest BCUT2D eigenvalue weighted by Gasteiger charge is 2.37. The molecule has 0 saturated heterocycles. The van der Waals surface area contributed by atoms with E-state index >= 15 is 4.57 Å². The first kappa shape index (κ1) is 24.6. The van der Waals surface area contributed by atoms with Gasteiger partial charge in [-0.15, -0.1) is 0 Å². The fourth-order valence-electron chi connectivity index (χ4n) is 6.33. The molecule has 7 rings (SSSR count). The van der Waals surface area contributed by atoms with Crippen molar-refractivity contribution >= 4 is 39.5 Å². The second-order valence-electron chi connectivity index (χ2n) is 10.5. The van der Waals surface area contributed by atoms with Crippen molar-refractivity contribution in [2.45, 2.75) is 18.4 Å². The van der Waals surface area contributed by atoms with Gasteiger partial charge in [0.15, 0.2) is 7.14 Å². The Bertz CT molecular complexity index is 1780. The molecule has 0 amide bonds. The maximum Gasteiger partial charge on any atom is 0.173 e. The van der Waals surface area contributed by atoms with Gasteiger partial charge >= 0.3 is 0 Å². The Balaban J connectivity index is 1.48. The molecule has 1 aliphatic rings. The van der Waals surface area contributed by atoms with Crippen LogP contribution >= 0.6 is 7.14 Å². The molecule has 0 unspecified atom stereocenters. The smallest absolute Gasteiger partial charge is 0.173 e. The van der Waals surface area contributed by atoms with Crippen LogP contribution in [0.2, 0.25) is 0 Å². The lowest BCUT2D eigenvalue weighted by atomic mass is 9.79. The van der Waals surface area contributed by atoms with E-state index in [2.05, 4.69) is 96.3 Å². The number of fused-ring (bicyclic) bond motifs is 2. The topological polar surface area (TPSA) is 29.1 Å². The van der Waals surface area contributed by atoms with Crippen LogP contribution in [-0.2, 0) is 4.57 Å². The van der Waals surface area contributed by atoms with Crippen LogP contribution in [0, 0.1) is 0 Å². The molecule has 6 aromatic rings. The molecule has 0 saturated carbocycles. The first-order valence-electron chi connectivity index (χ1n) is 13.9. The van der Waals surface area contributed by atoms with Gasteiger partial charge in [-0.1, -0.05) is 146 Å². The normalized spacial score (nSPS) is 16.7. The third kappa shape index (κ3) is 4.17. The Morgan fingerprint density at radius 1 is 0.550 bits per heavy atom. The van der Waals surface area contributed by atoms with Crippen molar-refractivity contribution in [3.63, 3.8) is 0 Å². The van der Waals surface area contributed by atoms with Crippen LogP contribution in [0.1, 0.15) is 35.1 Å². The van der Waals surface area contributed by atoms with Gasteiger partial charge in [0.25, 0.3) is 0 Å². The molecule has 0 aromatic heterocycles. The molecule has 0 aliphatic carbocycles. The van der Waals surface area contributed by atoms with E-state index in [1.165, 1.54) is 27.5 Å². The number of hydrogen-bond acceptors (Lipinski definition) is 2. The summed E-state index contributed by atoms with van der Waals surface area (Å²) in [5.41, 5.74) is 4.75. The minimum Gasteiger partial charge on any atom is -0.377 e. The fraction of sp³-hybridized carbons (Fsp3) is 0.0811. The van der Waals surface area contributed by atoms with Gasteiger partial charge in [0.1, 0.15) is 0 Å². The van der Waals surface area contributed by atoms with Gasteiger partial charge in [-0.2, -0.15) is 0 Å². The highest BCUT2D eigenvalue weighted by Crippen LogP contribution is 2.50. The van der Waals surface area contributed by atoms with Crippen LogP contribution in [0.3, 0.4) is 0 Å². The van der Waals surface area contributed by atoms with E-state index in [-0.39, 0.29) is 12.0 Å². The summed E-state index contributed by atoms with van der Waals surface area (Å²) >= 11 is 0. The highest BCUT2D eigenvalue weighted by molar-refractivity contribution is 7.85. The molecule has 0 spiro atoms. The SMILES string of the molecule is O=P(c1ccccc1)(c1ccccc1)c1cccc2c1N[C@H](c1cccc3ccccc13)C[C@@H]2c1ccccc1. The fourth-order valence-corrected chi connectivity index (χ4v) is 9.17. The van der Waals surface area contributed by atoms with Gasteiger partial charge in [0.2, 0.25) is 0 Å². The van der Waals surface area contributed by atoms with Crippen LogP contribution in [-0.4, -0.2) is 0 Å². The highest BCUT2D eigenvalue weighted by atomic mass is 31.2. The summed E-state index contributed by atoms with van der Waals surface area (Å²) in [6, 6.07) is 52.3. The Hall–Kier alpha value is -4.39. The Kier molecular flexibility index (Phi) is 6.34. The molecular formula is C37H30NOP. The largest absolute Gasteiger partial charge is 0.377 e. The molecule has 1 N–H and O–H groups in total. The molecule has 0 radical (unpaired) electrons. The van der Waals surface area contributed by atoms with Crippen LogP contribution in [0.5, 0.6) is 0 Å². The first-order chi connectivity index (χ1) is 19.7. The lowest BCUT2D eigenvalue weighted by Gasteiger charge is -2.37. The predicted molar refractivity (Wildman–Crippen MR) is 169 cm³/mol. The molecule has 3 heteroatoms. The summed E-state index contributed by atoms with van der Waals surface area (Å²) < 4.78 is 15.5. The zero-order chi connectivity index (χ0) is 26.9. The number of anilines is 1.